The van der Waals surface area contributed by atoms with Crippen LogP contribution in [0.2, 0.25) is 5.02 Å². The average molecular weight is 456 g/mol. The molecule has 6 nitrogen and oxygen atoms in total. The Kier molecular flexibility index (Phi) is 7.62. The van der Waals surface area contributed by atoms with Gasteiger partial charge >= 0.3 is 0 Å². The first-order valence-electron chi connectivity index (χ1n) is 8.44. The zero-order chi connectivity index (χ0) is 20.0. The Morgan fingerprint density at radius 1 is 1.30 bits per heavy atom. The van der Waals surface area contributed by atoms with Crippen molar-refractivity contribution in [1.29, 1.82) is 0 Å². The number of benzene rings is 2. The smallest absolute Gasteiger partial charge is 0.289 e. The van der Waals surface area contributed by atoms with Crippen LogP contribution in [0.25, 0.3) is 0 Å². The minimum Gasteiger partial charge on any atom is -0.492 e. The highest BCUT2D eigenvalue weighted by Gasteiger charge is 2.14. The van der Waals surface area contributed by atoms with Gasteiger partial charge in [0.15, 0.2) is 0 Å². The summed E-state index contributed by atoms with van der Waals surface area (Å²) in [5.41, 5.74) is 1.31. The minimum absolute atomic E-state index is 0.0282. The number of ether oxygens (including phenoxy) is 1. The second kappa shape index (κ2) is 9.71. The molecule has 2 rings (SSSR count). The lowest BCUT2D eigenvalue weighted by Crippen LogP contribution is -2.13. The van der Waals surface area contributed by atoms with Gasteiger partial charge in [0.1, 0.15) is 10.8 Å². The van der Waals surface area contributed by atoms with E-state index in [1.807, 2.05) is 18.2 Å². The maximum atomic E-state index is 12.0. The van der Waals surface area contributed by atoms with Gasteiger partial charge in [0, 0.05) is 18.2 Å². The molecule has 0 heterocycles. The fraction of sp³-hybridized carbons (Fsp3) is 0.316. The number of anilines is 1. The van der Waals surface area contributed by atoms with E-state index in [1.54, 1.807) is 0 Å². The molecule has 144 valence electrons. The van der Waals surface area contributed by atoms with E-state index in [2.05, 4.69) is 35.1 Å². The molecule has 0 spiro atoms. The van der Waals surface area contributed by atoms with Gasteiger partial charge in [0.2, 0.25) is 5.91 Å². The summed E-state index contributed by atoms with van der Waals surface area (Å²) < 4.78 is 6.59. The number of hydrogen-bond donors (Lipinski definition) is 1. The topological polar surface area (TPSA) is 81.5 Å². The molecule has 0 saturated heterocycles. The van der Waals surface area contributed by atoms with Gasteiger partial charge in [-0.1, -0.05) is 31.5 Å². The highest BCUT2D eigenvalue weighted by molar-refractivity contribution is 9.10. The molecule has 0 unspecified atom stereocenters. The third-order valence-electron chi connectivity index (χ3n) is 3.85. The molecule has 1 amide bonds. The van der Waals surface area contributed by atoms with Crippen molar-refractivity contribution in [3.63, 3.8) is 0 Å². The quantitative estimate of drug-likeness (QED) is 0.304. The maximum Gasteiger partial charge on any atom is 0.289 e. The van der Waals surface area contributed by atoms with Crippen molar-refractivity contribution in [2.24, 2.45) is 0 Å². The first kappa shape index (κ1) is 21.2. The van der Waals surface area contributed by atoms with E-state index in [9.17, 15) is 14.9 Å². The van der Waals surface area contributed by atoms with E-state index in [0.717, 1.165) is 10.2 Å². The van der Waals surface area contributed by atoms with Crippen LogP contribution in [0.15, 0.2) is 40.9 Å². The van der Waals surface area contributed by atoms with E-state index in [4.69, 9.17) is 16.3 Å². The maximum absolute atomic E-state index is 12.0. The fourth-order valence-corrected chi connectivity index (χ4v) is 3.06. The third-order valence-corrected chi connectivity index (χ3v) is 4.79. The van der Waals surface area contributed by atoms with Gasteiger partial charge in [-0.15, -0.1) is 0 Å². The fourth-order valence-electron chi connectivity index (χ4n) is 2.36. The Bertz CT molecular complexity index is 842. The lowest BCUT2D eigenvalue weighted by atomic mass is 10.0. The summed E-state index contributed by atoms with van der Waals surface area (Å²) in [6.07, 6.45) is 0.748. The van der Waals surface area contributed by atoms with Crippen LogP contribution in [-0.4, -0.2) is 17.4 Å². The molecule has 8 heteroatoms. The Labute approximate surface area is 171 Å². The minimum atomic E-state index is -0.589. The van der Waals surface area contributed by atoms with E-state index < -0.39 is 4.92 Å². The van der Waals surface area contributed by atoms with Crippen molar-refractivity contribution in [1.82, 2.24) is 0 Å². The second-order valence-corrected chi connectivity index (χ2v) is 7.53. The first-order valence-corrected chi connectivity index (χ1v) is 9.61. The number of hydrogen-bond acceptors (Lipinski definition) is 4. The third kappa shape index (κ3) is 6.22. The molecule has 0 aliphatic heterocycles. The zero-order valence-corrected chi connectivity index (χ0v) is 17.3. The average Bonchev–Trinajstić information content (AvgIpc) is 2.61. The van der Waals surface area contributed by atoms with E-state index in [0.29, 0.717) is 24.6 Å². The van der Waals surface area contributed by atoms with Crippen molar-refractivity contribution in [3.8, 4) is 5.75 Å². The van der Waals surface area contributed by atoms with Gasteiger partial charge in [0.05, 0.1) is 16.0 Å². The second-order valence-electron chi connectivity index (χ2n) is 6.27. The number of nitro benzene ring substituents is 1. The monoisotopic (exact) mass is 454 g/mol. The SMILES string of the molecule is CC(C)c1ccc(OCCCC(=O)Nc2ccc(Cl)c([N+](=O)[O-])c2)c(Br)c1. The van der Waals surface area contributed by atoms with E-state index in [-0.39, 0.29) is 23.0 Å². The van der Waals surface area contributed by atoms with Crippen LogP contribution in [-0.2, 0) is 4.79 Å². The number of halogens is 2. The van der Waals surface area contributed by atoms with Crippen molar-refractivity contribution < 1.29 is 14.5 Å². The number of nitro groups is 1. The Balaban J connectivity index is 1.81. The van der Waals surface area contributed by atoms with Crippen molar-refractivity contribution in [2.75, 3.05) is 11.9 Å². The van der Waals surface area contributed by atoms with Crippen LogP contribution in [0.3, 0.4) is 0 Å². The molecule has 0 fully saturated rings. The van der Waals surface area contributed by atoms with Crippen LogP contribution in [0, 0.1) is 10.1 Å². The van der Waals surface area contributed by atoms with Crippen molar-refractivity contribution in [3.05, 3.63) is 61.6 Å². The molecule has 0 aliphatic rings. The summed E-state index contributed by atoms with van der Waals surface area (Å²) >= 11 is 9.25. The molecule has 2 aromatic carbocycles. The predicted molar refractivity (Wildman–Crippen MR) is 110 cm³/mol. The Morgan fingerprint density at radius 2 is 2.04 bits per heavy atom. The van der Waals surface area contributed by atoms with Crippen LogP contribution in [0.5, 0.6) is 5.75 Å². The summed E-state index contributed by atoms with van der Waals surface area (Å²) in [5.74, 6) is 0.917. The Morgan fingerprint density at radius 3 is 2.67 bits per heavy atom. The number of carbonyl (C=O) groups excluding carboxylic acids is 1. The van der Waals surface area contributed by atoms with Gasteiger partial charge in [-0.2, -0.15) is 0 Å². The van der Waals surface area contributed by atoms with Crippen LogP contribution in [0.4, 0.5) is 11.4 Å². The molecule has 0 aromatic heterocycles. The predicted octanol–water partition coefficient (Wildman–Crippen LogP) is 5.93. The summed E-state index contributed by atoms with van der Waals surface area (Å²) in [4.78, 5) is 22.3. The molecular weight excluding hydrogens is 436 g/mol. The molecule has 1 N–H and O–H groups in total. The standard InChI is InChI=1S/C19H20BrClN2O4/c1-12(2)13-5-8-18(15(20)10-13)27-9-3-4-19(24)22-14-6-7-16(21)17(11-14)23(25)26/h5-8,10-12H,3-4,9H2,1-2H3,(H,22,24). The van der Waals surface area contributed by atoms with Gasteiger partial charge < -0.3 is 10.1 Å². The molecule has 2 aromatic rings. The summed E-state index contributed by atoms with van der Waals surface area (Å²) in [5, 5.41) is 13.5. The van der Waals surface area contributed by atoms with Gasteiger partial charge in [-0.25, -0.2) is 0 Å². The molecular formula is C19H20BrClN2O4. The lowest BCUT2D eigenvalue weighted by molar-refractivity contribution is -0.384. The van der Waals surface area contributed by atoms with Gasteiger partial charge in [-0.3, -0.25) is 14.9 Å². The van der Waals surface area contributed by atoms with Crippen LogP contribution < -0.4 is 10.1 Å². The van der Waals surface area contributed by atoms with Crippen LogP contribution >= 0.6 is 27.5 Å². The summed E-state index contributed by atoms with van der Waals surface area (Å²) in [6, 6.07) is 10.1. The van der Waals surface area contributed by atoms with Crippen molar-refractivity contribution in [2.45, 2.75) is 32.6 Å². The molecule has 0 bridgehead atoms. The number of nitrogens with zero attached hydrogens (tertiary/aromatic N) is 1. The molecule has 0 aliphatic carbocycles. The highest BCUT2D eigenvalue weighted by Crippen LogP contribution is 2.29. The van der Waals surface area contributed by atoms with E-state index >= 15 is 0 Å². The normalized spacial score (nSPS) is 10.7. The lowest BCUT2D eigenvalue weighted by Gasteiger charge is -2.11. The van der Waals surface area contributed by atoms with E-state index in [1.165, 1.54) is 23.8 Å². The summed E-state index contributed by atoms with van der Waals surface area (Å²) in [7, 11) is 0. The Hall–Kier alpha value is -2.12. The number of amides is 1. The van der Waals surface area contributed by atoms with Crippen LogP contribution in [0.1, 0.15) is 38.2 Å². The largest absolute Gasteiger partial charge is 0.492 e. The number of carbonyl (C=O) groups is 1. The van der Waals surface area contributed by atoms with Gasteiger partial charge in [-0.05, 0) is 58.1 Å². The number of nitrogens with one attached hydrogen (secondary N) is 1. The number of rotatable bonds is 8. The summed E-state index contributed by atoms with van der Waals surface area (Å²) in [6.45, 7) is 4.63. The highest BCUT2D eigenvalue weighted by atomic mass is 79.9. The zero-order valence-electron chi connectivity index (χ0n) is 15.0. The molecule has 27 heavy (non-hydrogen) atoms. The molecule has 0 atom stereocenters. The van der Waals surface area contributed by atoms with Gasteiger partial charge in [0.25, 0.3) is 5.69 Å². The first-order chi connectivity index (χ1) is 12.8. The molecule has 0 radical (unpaired) electrons. The van der Waals surface area contributed by atoms with Crippen molar-refractivity contribution >= 4 is 44.8 Å². The molecule has 0 saturated carbocycles.